The molecular formula is C22H22FN5O2. The van der Waals surface area contributed by atoms with Gasteiger partial charge in [-0.15, -0.1) is 0 Å². The zero-order valence-electron chi connectivity index (χ0n) is 16.7. The first-order chi connectivity index (χ1) is 14.4. The minimum atomic E-state index is -0.314. The fraction of sp³-hybridized carbons (Fsp3) is 0.273. The van der Waals surface area contributed by atoms with Crippen molar-refractivity contribution in [2.24, 2.45) is 5.92 Å². The van der Waals surface area contributed by atoms with Crippen LogP contribution in [0.15, 0.2) is 55.0 Å². The Morgan fingerprint density at radius 3 is 2.77 bits per heavy atom. The second-order valence-electron chi connectivity index (χ2n) is 7.49. The number of benzene rings is 1. The summed E-state index contributed by atoms with van der Waals surface area (Å²) in [6, 6.07) is 9.44. The number of rotatable bonds is 5. The van der Waals surface area contributed by atoms with Gasteiger partial charge in [0.25, 0.3) is 5.91 Å². The Morgan fingerprint density at radius 2 is 2.03 bits per heavy atom. The first-order valence-electron chi connectivity index (χ1n) is 9.70. The van der Waals surface area contributed by atoms with Crippen molar-refractivity contribution in [1.29, 1.82) is 0 Å². The highest BCUT2D eigenvalue weighted by Gasteiger charge is 2.39. The van der Waals surface area contributed by atoms with Crippen LogP contribution in [-0.2, 0) is 4.79 Å². The lowest BCUT2D eigenvalue weighted by Gasteiger charge is -2.24. The summed E-state index contributed by atoms with van der Waals surface area (Å²) in [5.41, 5.74) is 2.77. The monoisotopic (exact) mass is 407 g/mol. The molecule has 1 aliphatic rings. The average molecular weight is 407 g/mol. The summed E-state index contributed by atoms with van der Waals surface area (Å²) in [6.45, 7) is 2.18. The van der Waals surface area contributed by atoms with Gasteiger partial charge in [-0.05, 0) is 42.8 Å². The Kier molecular flexibility index (Phi) is 5.31. The van der Waals surface area contributed by atoms with E-state index in [1.165, 1.54) is 12.1 Å². The van der Waals surface area contributed by atoms with Gasteiger partial charge >= 0.3 is 0 Å². The van der Waals surface area contributed by atoms with E-state index in [1.54, 1.807) is 47.2 Å². The van der Waals surface area contributed by atoms with E-state index in [0.717, 1.165) is 16.8 Å². The van der Waals surface area contributed by atoms with Crippen LogP contribution in [0, 0.1) is 18.7 Å². The molecule has 8 heteroatoms. The Hall–Kier alpha value is -3.55. The molecule has 0 radical (unpaired) electrons. The number of hydrogen-bond acceptors (Lipinski definition) is 4. The van der Waals surface area contributed by atoms with Gasteiger partial charge in [-0.25, -0.2) is 9.07 Å². The first kappa shape index (κ1) is 19.8. The Morgan fingerprint density at radius 1 is 1.27 bits per heavy atom. The molecule has 1 aromatic carbocycles. The van der Waals surface area contributed by atoms with E-state index in [1.807, 2.05) is 19.2 Å². The van der Waals surface area contributed by atoms with Gasteiger partial charge in [-0.1, -0.05) is 6.07 Å². The van der Waals surface area contributed by atoms with Crippen LogP contribution in [0.4, 0.5) is 4.39 Å². The topological polar surface area (TPSA) is 80.1 Å². The lowest BCUT2D eigenvalue weighted by atomic mass is 9.95. The number of carbonyl (C=O) groups is 2. The maximum absolute atomic E-state index is 13.2. The number of halogens is 1. The Balaban J connectivity index is 1.51. The molecule has 0 aliphatic carbocycles. The van der Waals surface area contributed by atoms with Crippen molar-refractivity contribution in [3.63, 3.8) is 0 Å². The molecule has 154 valence electrons. The van der Waals surface area contributed by atoms with Gasteiger partial charge in [0.2, 0.25) is 5.91 Å². The third-order valence-electron chi connectivity index (χ3n) is 5.48. The van der Waals surface area contributed by atoms with Gasteiger partial charge < -0.3 is 10.2 Å². The van der Waals surface area contributed by atoms with E-state index in [9.17, 15) is 14.0 Å². The van der Waals surface area contributed by atoms with Crippen LogP contribution in [0.1, 0.15) is 34.1 Å². The maximum Gasteiger partial charge on any atom is 0.270 e. The third kappa shape index (κ3) is 3.80. The highest BCUT2D eigenvalue weighted by atomic mass is 19.1. The van der Waals surface area contributed by atoms with Crippen molar-refractivity contribution >= 4 is 11.8 Å². The standard InChI is InChI=1S/C22H22FN5O2/c1-14-4-3-9-24-20(14)22(30)25-11-15-10-19(29)27(2)21(15)16-12-26-28(13-16)18-7-5-17(23)6-8-18/h3-9,12-13,15,21H,10-11H2,1-2H3,(H,25,30)/t15-,21+/m0/s1. The lowest BCUT2D eigenvalue weighted by Crippen LogP contribution is -2.33. The van der Waals surface area contributed by atoms with Crippen LogP contribution in [0.5, 0.6) is 0 Å². The summed E-state index contributed by atoms with van der Waals surface area (Å²) in [7, 11) is 1.76. The van der Waals surface area contributed by atoms with E-state index in [-0.39, 0.29) is 29.6 Å². The highest BCUT2D eigenvalue weighted by molar-refractivity contribution is 5.93. The highest BCUT2D eigenvalue weighted by Crippen LogP contribution is 2.36. The van der Waals surface area contributed by atoms with Crippen LogP contribution in [-0.4, -0.2) is 45.1 Å². The molecule has 0 spiro atoms. The molecule has 0 saturated carbocycles. The SMILES string of the molecule is Cc1cccnc1C(=O)NC[C@@H]1CC(=O)N(C)[C@H]1c1cnn(-c2ccc(F)cc2)c1. The van der Waals surface area contributed by atoms with Crippen molar-refractivity contribution in [2.45, 2.75) is 19.4 Å². The van der Waals surface area contributed by atoms with Crippen LogP contribution >= 0.6 is 0 Å². The number of aryl methyl sites for hydroxylation is 1. The molecule has 2 atom stereocenters. The number of amides is 2. The lowest BCUT2D eigenvalue weighted by molar-refractivity contribution is -0.127. The quantitative estimate of drug-likeness (QED) is 0.705. The predicted molar refractivity (Wildman–Crippen MR) is 108 cm³/mol. The molecule has 1 N–H and O–H groups in total. The van der Waals surface area contributed by atoms with E-state index in [2.05, 4.69) is 15.4 Å². The Labute approximate surface area is 173 Å². The summed E-state index contributed by atoms with van der Waals surface area (Å²) in [4.78, 5) is 30.7. The molecule has 1 saturated heterocycles. The normalized spacial score (nSPS) is 18.6. The molecule has 4 rings (SSSR count). The third-order valence-corrected chi connectivity index (χ3v) is 5.48. The maximum atomic E-state index is 13.2. The van der Waals surface area contributed by atoms with E-state index in [0.29, 0.717) is 18.7 Å². The number of pyridine rings is 1. The van der Waals surface area contributed by atoms with Crippen molar-refractivity contribution in [3.8, 4) is 5.69 Å². The molecule has 30 heavy (non-hydrogen) atoms. The molecule has 2 amide bonds. The van der Waals surface area contributed by atoms with Crippen molar-refractivity contribution in [3.05, 3.63) is 77.6 Å². The van der Waals surface area contributed by atoms with Crippen LogP contribution in [0.25, 0.3) is 5.69 Å². The molecule has 3 heterocycles. The molecule has 1 aliphatic heterocycles. The van der Waals surface area contributed by atoms with Crippen molar-refractivity contribution in [2.75, 3.05) is 13.6 Å². The van der Waals surface area contributed by atoms with Gasteiger partial charge in [0.05, 0.1) is 17.9 Å². The second kappa shape index (κ2) is 8.06. The van der Waals surface area contributed by atoms with Crippen molar-refractivity contribution < 1.29 is 14.0 Å². The summed E-state index contributed by atoms with van der Waals surface area (Å²) < 4.78 is 14.8. The van der Waals surface area contributed by atoms with E-state index < -0.39 is 0 Å². The largest absolute Gasteiger partial charge is 0.350 e. The number of hydrogen-bond donors (Lipinski definition) is 1. The summed E-state index contributed by atoms with van der Waals surface area (Å²) in [5, 5.41) is 7.29. The Bertz CT molecular complexity index is 1080. The zero-order valence-corrected chi connectivity index (χ0v) is 16.7. The van der Waals surface area contributed by atoms with Gasteiger partial charge in [-0.3, -0.25) is 14.6 Å². The fourth-order valence-electron chi connectivity index (χ4n) is 3.89. The molecule has 0 unspecified atom stereocenters. The average Bonchev–Trinajstić information content (AvgIpc) is 3.32. The summed E-state index contributed by atoms with van der Waals surface area (Å²) >= 11 is 0. The molecule has 7 nitrogen and oxygen atoms in total. The summed E-state index contributed by atoms with van der Waals surface area (Å²) in [6.07, 6.45) is 5.47. The van der Waals surface area contributed by atoms with Crippen molar-refractivity contribution in [1.82, 2.24) is 25.0 Å². The van der Waals surface area contributed by atoms with Crippen LogP contribution in [0.3, 0.4) is 0 Å². The molecule has 1 fully saturated rings. The molecular weight excluding hydrogens is 385 g/mol. The van der Waals surface area contributed by atoms with Gasteiger partial charge in [-0.2, -0.15) is 5.10 Å². The first-order valence-corrected chi connectivity index (χ1v) is 9.70. The molecule has 3 aromatic rings. The van der Waals surface area contributed by atoms with E-state index in [4.69, 9.17) is 0 Å². The minimum absolute atomic E-state index is 0.0165. The van der Waals surface area contributed by atoms with Gasteiger partial charge in [0.1, 0.15) is 11.5 Å². The number of likely N-dealkylation sites (tertiary alicyclic amines) is 1. The molecule has 2 aromatic heterocycles. The van der Waals surface area contributed by atoms with Gasteiger partial charge in [0, 0.05) is 43.9 Å². The van der Waals surface area contributed by atoms with Gasteiger partial charge in [0.15, 0.2) is 0 Å². The predicted octanol–water partition coefficient (Wildman–Crippen LogP) is 2.66. The molecule has 0 bridgehead atoms. The number of nitrogens with one attached hydrogen (secondary N) is 1. The minimum Gasteiger partial charge on any atom is -0.350 e. The van der Waals surface area contributed by atoms with Crippen LogP contribution < -0.4 is 5.32 Å². The fourth-order valence-corrected chi connectivity index (χ4v) is 3.89. The number of aromatic nitrogens is 3. The number of carbonyl (C=O) groups excluding carboxylic acids is 2. The second-order valence-corrected chi connectivity index (χ2v) is 7.49. The zero-order chi connectivity index (χ0) is 21.3. The van der Waals surface area contributed by atoms with E-state index >= 15 is 0 Å². The smallest absolute Gasteiger partial charge is 0.270 e. The number of nitrogens with zero attached hydrogens (tertiary/aromatic N) is 4. The van der Waals surface area contributed by atoms with Crippen LogP contribution in [0.2, 0.25) is 0 Å². The summed E-state index contributed by atoms with van der Waals surface area (Å²) in [5.74, 6) is -0.647.